The average molecular weight is 291 g/mol. The fourth-order valence-corrected chi connectivity index (χ4v) is 4.36. The highest BCUT2D eigenvalue weighted by molar-refractivity contribution is 7.91. The van der Waals surface area contributed by atoms with E-state index in [4.69, 9.17) is 5.11 Å². The van der Waals surface area contributed by atoms with Gasteiger partial charge >= 0.3 is 5.97 Å². The number of carboxylic acids is 1. The summed E-state index contributed by atoms with van der Waals surface area (Å²) in [7, 11) is -3.50. The Hall–Kier alpha value is -0.920. The maximum absolute atomic E-state index is 12.3. The lowest BCUT2D eigenvalue weighted by Crippen LogP contribution is -2.37. The van der Waals surface area contributed by atoms with Gasteiger partial charge in [-0.05, 0) is 31.7 Å². The van der Waals surface area contributed by atoms with Gasteiger partial charge in [0, 0.05) is 19.0 Å². The number of thiophene rings is 1. The van der Waals surface area contributed by atoms with Crippen molar-refractivity contribution in [3.63, 3.8) is 0 Å². The molecule has 0 aliphatic carbocycles. The van der Waals surface area contributed by atoms with Gasteiger partial charge in [0.2, 0.25) is 0 Å². The summed E-state index contributed by atoms with van der Waals surface area (Å²) in [5, 5.41) is 10.3. The molecule has 0 atom stereocenters. The van der Waals surface area contributed by atoms with Crippen molar-refractivity contribution in [2.75, 3.05) is 6.54 Å². The van der Waals surface area contributed by atoms with Crippen molar-refractivity contribution in [1.82, 2.24) is 4.31 Å². The smallest absolute Gasteiger partial charge is 0.303 e. The first kappa shape index (κ1) is 15.1. The molecule has 0 amide bonds. The molecule has 5 nitrogen and oxygen atoms in total. The molecule has 0 spiro atoms. The molecule has 0 bridgehead atoms. The van der Waals surface area contributed by atoms with Gasteiger partial charge in [0.25, 0.3) is 10.0 Å². The van der Waals surface area contributed by atoms with Gasteiger partial charge in [-0.15, -0.1) is 11.3 Å². The Morgan fingerprint density at radius 1 is 1.50 bits per heavy atom. The molecule has 0 radical (unpaired) electrons. The molecule has 0 unspecified atom stereocenters. The Kier molecular flexibility index (Phi) is 5.30. The molecule has 1 heterocycles. The van der Waals surface area contributed by atoms with Crippen LogP contribution in [0.3, 0.4) is 0 Å². The third kappa shape index (κ3) is 3.79. The highest BCUT2D eigenvalue weighted by Crippen LogP contribution is 2.23. The van der Waals surface area contributed by atoms with E-state index in [-0.39, 0.29) is 19.0 Å². The predicted molar refractivity (Wildman–Crippen MR) is 70.2 cm³/mol. The average Bonchev–Trinajstić information content (AvgIpc) is 2.76. The van der Waals surface area contributed by atoms with Crippen LogP contribution in [-0.4, -0.2) is 36.4 Å². The number of sulfonamides is 1. The number of hydrogen-bond acceptors (Lipinski definition) is 4. The molecule has 0 aliphatic rings. The van der Waals surface area contributed by atoms with Gasteiger partial charge < -0.3 is 5.11 Å². The largest absolute Gasteiger partial charge is 0.481 e. The minimum atomic E-state index is -3.50. The van der Waals surface area contributed by atoms with Gasteiger partial charge in [-0.25, -0.2) is 8.42 Å². The summed E-state index contributed by atoms with van der Waals surface area (Å²) in [4.78, 5) is 10.5. The first-order valence-corrected chi connectivity index (χ1v) is 7.95. The third-order valence-corrected chi connectivity index (χ3v) is 5.85. The summed E-state index contributed by atoms with van der Waals surface area (Å²) in [5.41, 5.74) is 0. The normalized spacial score (nSPS) is 12.2. The zero-order valence-corrected chi connectivity index (χ0v) is 12.0. The lowest BCUT2D eigenvalue weighted by molar-refractivity contribution is -0.137. The lowest BCUT2D eigenvalue weighted by Gasteiger charge is -2.24. The zero-order chi connectivity index (χ0) is 13.8. The van der Waals surface area contributed by atoms with Gasteiger partial charge in [-0.3, -0.25) is 4.79 Å². The Morgan fingerprint density at radius 3 is 2.61 bits per heavy atom. The SMILES string of the molecule is CC(C)N(CCCC(=O)O)S(=O)(=O)c1cccs1. The third-order valence-electron chi connectivity index (χ3n) is 2.40. The minimum Gasteiger partial charge on any atom is -0.481 e. The summed E-state index contributed by atoms with van der Waals surface area (Å²) in [6.45, 7) is 3.79. The molecule has 7 heteroatoms. The number of carbonyl (C=O) groups is 1. The van der Waals surface area contributed by atoms with Crippen LogP contribution in [0.2, 0.25) is 0 Å². The maximum Gasteiger partial charge on any atom is 0.303 e. The Labute approximate surface area is 111 Å². The minimum absolute atomic E-state index is 0.0246. The monoisotopic (exact) mass is 291 g/mol. The van der Waals surface area contributed by atoms with Crippen LogP contribution in [0.25, 0.3) is 0 Å². The molecule has 0 aromatic carbocycles. The second kappa shape index (κ2) is 6.31. The Morgan fingerprint density at radius 2 is 2.17 bits per heavy atom. The standard InChI is InChI=1S/C11H17NO4S2/c1-9(2)12(7-3-5-10(13)14)18(15,16)11-6-4-8-17-11/h4,6,8-9H,3,5,7H2,1-2H3,(H,13,14). The van der Waals surface area contributed by atoms with E-state index in [2.05, 4.69) is 0 Å². The topological polar surface area (TPSA) is 74.7 Å². The van der Waals surface area contributed by atoms with Gasteiger partial charge in [0.05, 0.1) is 0 Å². The van der Waals surface area contributed by atoms with E-state index in [1.165, 1.54) is 15.6 Å². The van der Waals surface area contributed by atoms with Crippen LogP contribution in [0, 0.1) is 0 Å². The molecule has 0 fully saturated rings. The fraction of sp³-hybridized carbons (Fsp3) is 0.545. The van der Waals surface area contributed by atoms with Crippen molar-refractivity contribution in [2.24, 2.45) is 0 Å². The lowest BCUT2D eigenvalue weighted by atomic mass is 10.3. The molecule has 1 rings (SSSR count). The Bertz CT molecular complexity index is 479. The first-order chi connectivity index (χ1) is 8.35. The van der Waals surface area contributed by atoms with E-state index in [0.717, 1.165) is 0 Å². The van der Waals surface area contributed by atoms with E-state index in [0.29, 0.717) is 10.6 Å². The molecule has 18 heavy (non-hydrogen) atoms. The van der Waals surface area contributed by atoms with E-state index < -0.39 is 16.0 Å². The molecular weight excluding hydrogens is 274 g/mol. The molecule has 1 N–H and O–H groups in total. The highest BCUT2D eigenvalue weighted by Gasteiger charge is 2.27. The summed E-state index contributed by atoms with van der Waals surface area (Å²) >= 11 is 1.17. The zero-order valence-electron chi connectivity index (χ0n) is 10.4. The van der Waals surface area contributed by atoms with Crippen LogP contribution in [0.15, 0.2) is 21.7 Å². The summed E-state index contributed by atoms with van der Waals surface area (Å²) in [6, 6.07) is 3.06. The maximum atomic E-state index is 12.3. The summed E-state index contributed by atoms with van der Waals surface area (Å²) in [6.07, 6.45) is 0.293. The number of carboxylic acid groups (broad SMARTS) is 1. The fourth-order valence-electron chi connectivity index (χ4n) is 1.57. The second-order valence-corrected chi connectivity index (χ2v) is 7.20. The second-order valence-electron chi connectivity index (χ2n) is 4.14. The summed E-state index contributed by atoms with van der Waals surface area (Å²) < 4.78 is 26.2. The molecule has 102 valence electrons. The van der Waals surface area contributed by atoms with Crippen molar-refractivity contribution in [3.8, 4) is 0 Å². The highest BCUT2D eigenvalue weighted by atomic mass is 32.2. The van der Waals surface area contributed by atoms with Crippen LogP contribution in [0.1, 0.15) is 26.7 Å². The molecule has 1 aromatic rings. The van der Waals surface area contributed by atoms with E-state index in [1.807, 2.05) is 0 Å². The van der Waals surface area contributed by atoms with E-state index in [1.54, 1.807) is 31.4 Å². The molecular formula is C11H17NO4S2. The van der Waals surface area contributed by atoms with Crippen molar-refractivity contribution >= 4 is 27.3 Å². The number of rotatable bonds is 7. The van der Waals surface area contributed by atoms with Crippen molar-refractivity contribution in [1.29, 1.82) is 0 Å². The Balaban J connectivity index is 2.82. The summed E-state index contributed by atoms with van der Waals surface area (Å²) in [5.74, 6) is -0.910. The first-order valence-electron chi connectivity index (χ1n) is 5.63. The van der Waals surface area contributed by atoms with Gasteiger partial charge in [-0.1, -0.05) is 6.07 Å². The van der Waals surface area contributed by atoms with Crippen molar-refractivity contribution < 1.29 is 18.3 Å². The molecule has 1 aromatic heterocycles. The van der Waals surface area contributed by atoms with Gasteiger partial charge in [-0.2, -0.15) is 4.31 Å². The van der Waals surface area contributed by atoms with Crippen molar-refractivity contribution in [2.45, 2.75) is 36.9 Å². The van der Waals surface area contributed by atoms with Crippen molar-refractivity contribution in [3.05, 3.63) is 17.5 Å². The van der Waals surface area contributed by atoms with Crippen LogP contribution >= 0.6 is 11.3 Å². The van der Waals surface area contributed by atoms with Gasteiger partial charge in [0.1, 0.15) is 4.21 Å². The number of hydrogen-bond donors (Lipinski definition) is 1. The molecule has 0 saturated carbocycles. The van der Waals surface area contributed by atoms with Gasteiger partial charge in [0.15, 0.2) is 0 Å². The van der Waals surface area contributed by atoms with E-state index >= 15 is 0 Å². The van der Waals surface area contributed by atoms with Crippen LogP contribution in [0.5, 0.6) is 0 Å². The predicted octanol–water partition coefficient (Wildman–Crippen LogP) is 2.01. The number of aliphatic carboxylic acids is 1. The van der Waals surface area contributed by atoms with Crippen LogP contribution in [-0.2, 0) is 14.8 Å². The van der Waals surface area contributed by atoms with Crippen LogP contribution in [0.4, 0.5) is 0 Å². The molecule has 0 aliphatic heterocycles. The van der Waals surface area contributed by atoms with E-state index in [9.17, 15) is 13.2 Å². The van der Waals surface area contributed by atoms with Crippen LogP contribution < -0.4 is 0 Å². The molecule has 0 saturated heterocycles. The quantitative estimate of drug-likeness (QED) is 0.834. The number of nitrogens with zero attached hydrogens (tertiary/aromatic N) is 1.